The zero-order chi connectivity index (χ0) is 28.1. The number of rotatable bonds is 16. The van der Waals surface area contributed by atoms with Crippen molar-refractivity contribution in [1.29, 1.82) is 0 Å². The van der Waals surface area contributed by atoms with E-state index in [1.807, 2.05) is 13.8 Å². The topological polar surface area (TPSA) is 197 Å². The predicted octanol–water partition coefficient (Wildman–Crippen LogP) is 0.632. The van der Waals surface area contributed by atoms with Crippen molar-refractivity contribution in [3.63, 3.8) is 0 Å². The average Bonchev–Trinajstić information content (AvgIpc) is 2.81. The molecule has 1 rings (SSSR count). The summed E-state index contributed by atoms with van der Waals surface area (Å²) in [5.74, 6) is -2.99. The summed E-state index contributed by atoms with van der Waals surface area (Å²) in [5, 5.41) is 27.0. The second kappa shape index (κ2) is 15.8. The minimum Gasteiger partial charge on any atom is -0.508 e. The minimum atomic E-state index is -1.19. The summed E-state index contributed by atoms with van der Waals surface area (Å²) >= 11 is 0. The Morgan fingerprint density at radius 1 is 0.865 bits per heavy atom. The molecule has 1 aromatic rings. The van der Waals surface area contributed by atoms with Gasteiger partial charge in [0.15, 0.2) is 0 Å². The first-order valence-corrected chi connectivity index (χ1v) is 12.7. The Labute approximate surface area is 218 Å². The fourth-order valence-corrected chi connectivity index (χ4v) is 3.77. The molecule has 0 bridgehead atoms. The number of amides is 3. The van der Waals surface area contributed by atoms with Crippen molar-refractivity contribution >= 4 is 23.7 Å². The second-order valence-corrected chi connectivity index (χ2v) is 10.1. The molecule has 0 radical (unpaired) electrons. The zero-order valence-electron chi connectivity index (χ0n) is 22.2. The third-order valence-electron chi connectivity index (χ3n) is 5.88. The lowest BCUT2D eigenvalue weighted by Gasteiger charge is -2.27. The zero-order valence-corrected chi connectivity index (χ0v) is 22.2. The molecular formula is C26H43N5O6. The lowest BCUT2D eigenvalue weighted by atomic mass is 9.99. The van der Waals surface area contributed by atoms with Crippen molar-refractivity contribution in [1.82, 2.24) is 16.0 Å². The molecule has 0 saturated heterocycles. The van der Waals surface area contributed by atoms with Gasteiger partial charge in [0.2, 0.25) is 17.7 Å². The van der Waals surface area contributed by atoms with E-state index < -0.39 is 47.9 Å². The number of unbranched alkanes of at least 4 members (excludes halogenated alkanes) is 1. The number of carboxylic acid groups (broad SMARTS) is 1. The summed E-state index contributed by atoms with van der Waals surface area (Å²) in [5.41, 5.74) is 12.1. The summed E-state index contributed by atoms with van der Waals surface area (Å²) in [7, 11) is 0. The van der Waals surface area contributed by atoms with Gasteiger partial charge in [-0.15, -0.1) is 0 Å². The number of hydrogen-bond acceptors (Lipinski definition) is 7. The van der Waals surface area contributed by atoms with Gasteiger partial charge in [0.05, 0.1) is 6.04 Å². The quantitative estimate of drug-likeness (QED) is 0.154. The van der Waals surface area contributed by atoms with Gasteiger partial charge in [-0.25, -0.2) is 4.79 Å². The van der Waals surface area contributed by atoms with Crippen LogP contribution in [0.25, 0.3) is 0 Å². The van der Waals surface area contributed by atoms with Crippen LogP contribution in [0.4, 0.5) is 0 Å². The first kappa shape index (κ1) is 31.8. The van der Waals surface area contributed by atoms with Crippen LogP contribution >= 0.6 is 0 Å². The van der Waals surface area contributed by atoms with Crippen LogP contribution in [0.3, 0.4) is 0 Å². The molecule has 37 heavy (non-hydrogen) atoms. The summed E-state index contributed by atoms with van der Waals surface area (Å²) in [6, 6.07) is 2.09. The normalized spacial score (nSPS) is 14.5. The molecule has 0 aliphatic carbocycles. The van der Waals surface area contributed by atoms with Gasteiger partial charge in [-0.3, -0.25) is 14.4 Å². The second-order valence-electron chi connectivity index (χ2n) is 10.1. The number of aromatic hydroxyl groups is 1. The molecule has 0 aromatic heterocycles. The maximum absolute atomic E-state index is 13.2. The lowest BCUT2D eigenvalue weighted by Crippen LogP contribution is -2.59. The third-order valence-corrected chi connectivity index (χ3v) is 5.88. The molecule has 0 aliphatic rings. The SMILES string of the molecule is CC(C)C[C@H](N)C(=O)N[C@H](C(=O)N[C@@H](Cc1ccc(O)cc1)C(=O)N[C@@H](CCCCN)C(=O)O)C(C)C. The van der Waals surface area contributed by atoms with Crippen LogP contribution < -0.4 is 27.4 Å². The highest BCUT2D eigenvalue weighted by atomic mass is 16.4. The van der Waals surface area contributed by atoms with E-state index >= 15 is 0 Å². The number of carbonyl (C=O) groups is 4. The number of benzene rings is 1. The third kappa shape index (κ3) is 11.6. The van der Waals surface area contributed by atoms with Gasteiger partial charge in [0, 0.05) is 6.42 Å². The largest absolute Gasteiger partial charge is 0.508 e. The summed E-state index contributed by atoms with van der Waals surface area (Å²) in [6.07, 6.45) is 1.81. The van der Waals surface area contributed by atoms with E-state index in [-0.39, 0.29) is 30.4 Å². The number of carboxylic acids is 1. The van der Waals surface area contributed by atoms with Crippen molar-refractivity contribution in [3.8, 4) is 5.75 Å². The first-order valence-electron chi connectivity index (χ1n) is 12.7. The van der Waals surface area contributed by atoms with E-state index in [0.717, 1.165) is 0 Å². The van der Waals surface area contributed by atoms with Gasteiger partial charge in [-0.1, -0.05) is 39.8 Å². The van der Waals surface area contributed by atoms with E-state index in [1.165, 1.54) is 12.1 Å². The average molecular weight is 522 g/mol. The van der Waals surface area contributed by atoms with Crippen LogP contribution in [0.1, 0.15) is 58.9 Å². The number of carbonyl (C=O) groups excluding carboxylic acids is 3. The highest BCUT2D eigenvalue weighted by molar-refractivity contribution is 5.94. The Balaban J connectivity index is 3.10. The molecular weight excluding hydrogens is 478 g/mol. The number of phenols is 1. The molecule has 4 atom stereocenters. The molecule has 0 saturated carbocycles. The Morgan fingerprint density at radius 3 is 1.97 bits per heavy atom. The van der Waals surface area contributed by atoms with Crippen LogP contribution in [0.15, 0.2) is 24.3 Å². The number of nitrogens with two attached hydrogens (primary N) is 2. The van der Waals surface area contributed by atoms with Gasteiger partial charge in [0.25, 0.3) is 0 Å². The summed E-state index contributed by atoms with van der Waals surface area (Å²) < 4.78 is 0. The molecule has 0 unspecified atom stereocenters. The number of aliphatic carboxylic acids is 1. The van der Waals surface area contributed by atoms with Gasteiger partial charge < -0.3 is 37.6 Å². The van der Waals surface area contributed by atoms with Crippen molar-refractivity contribution in [2.45, 2.75) is 84.0 Å². The standard InChI is InChI=1S/C26H43N5O6/c1-15(2)13-19(28)23(33)31-22(16(3)4)25(35)30-21(14-17-8-10-18(32)11-9-17)24(34)29-20(26(36)37)7-5-6-12-27/h8-11,15-16,19-22,32H,5-7,12-14,27-28H2,1-4H3,(H,29,34)(H,30,35)(H,31,33)(H,36,37)/t19-,20-,21-,22-/m0/s1. The van der Waals surface area contributed by atoms with E-state index in [1.54, 1.807) is 26.0 Å². The van der Waals surface area contributed by atoms with Gasteiger partial charge in [-0.2, -0.15) is 0 Å². The van der Waals surface area contributed by atoms with Crippen LogP contribution in [-0.4, -0.2) is 64.6 Å². The minimum absolute atomic E-state index is 0.0403. The van der Waals surface area contributed by atoms with Crippen molar-refractivity contribution < 1.29 is 29.4 Å². The van der Waals surface area contributed by atoms with E-state index in [9.17, 15) is 29.4 Å². The molecule has 0 fully saturated rings. The summed E-state index contributed by atoms with van der Waals surface area (Å²) in [6.45, 7) is 7.79. The van der Waals surface area contributed by atoms with E-state index in [0.29, 0.717) is 31.4 Å². The Hall–Kier alpha value is -3.18. The Kier molecular flexibility index (Phi) is 13.6. The van der Waals surface area contributed by atoms with Gasteiger partial charge >= 0.3 is 5.97 Å². The molecule has 1 aromatic carbocycles. The van der Waals surface area contributed by atoms with Crippen LogP contribution in [0.5, 0.6) is 5.75 Å². The van der Waals surface area contributed by atoms with Crippen LogP contribution in [0.2, 0.25) is 0 Å². The van der Waals surface area contributed by atoms with Crippen molar-refractivity contribution in [2.24, 2.45) is 23.3 Å². The molecule has 9 N–H and O–H groups in total. The van der Waals surface area contributed by atoms with Gasteiger partial charge in [0.1, 0.15) is 23.9 Å². The summed E-state index contributed by atoms with van der Waals surface area (Å²) in [4.78, 5) is 50.7. The fraction of sp³-hybridized carbons (Fsp3) is 0.615. The van der Waals surface area contributed by atoms with Crippen LogP contribution in [-0.2, 0) is 25.6 Å². The monoisotopic (exact) mass is 521 g/mol. The van der Waals surface area contributed by atoms with Crippen molar-refractivity contribution in [3.05, 3.63) is 29.8 Å². The number of phenolic OH excluding ortho intramolecular Hbond substituents is 1. The predicted molar refractivity (Wildman–Crippen MR) is 140 cm³/mol. The molecule has 0 spiro atoms. The molecule has 0 heterocycles. The Morgan fingerprint density at radius 2 is 1.46 bits per heavy atom. The number of nitrogens with one attached hydrogen (secondary N) is 3. The van der Waals surface area contributed by atoms with Gasteiger partial charge in [-0.05, 0) is 61.8 Å². The number of hydrogen-bond donors (Lipinski definition) is 7. The molecule has 11 nitrogen and oxygen atoms in total. The maximum Gasteiger partial charge on any atom is 0.326 e. The van der Waals surface area contributed by atoms with E-state index in [2.05, 4.69) is 16.0 Å². The Bertz CT molecular complexity index is 890. The van der Waals surface area contributed by atoms with E-state index in [4.69, 9.17) is 11.5 Å². The molecule has 3 amide bonds. The molecule has 0 aliphatic heterocycles. The smallest absolute Gasteiger partial charge is 0.326 e. The maximum atomic E-state index is 13.2. The van der Waals surface area contributed by atoms with Crippen molar-refractivity contribution in [2.75, 3.05) is 6.54 Å². The van der Waals surface area contributed by atoms with Crippen LogP contribution in [0, 0.1) is 11.8 Å². The molecule has 11 heteroatoms. The highest BCUT2D eigenvalue weighted by Crippen LogP contribution is 2.13. The highest BCUT2D eigenvalue weighted by Gasteiger charge is 2.32. The first-order chi connectivity index (χ1) is 17.3. The fourth-order valence-electron chi connectivity index (χ4n) is 3.77. The molecule has 208 valence electrons. The lowest BCUT2D eigenvalue weighted by molar-refractivity contribution is -0.142.